The number of rotatable bonds is 3. The Kier molecular flexibility index (Phi) is 4.87. The fraction of sp³-hybridized carbons (Fsp3) is 0.214. The second-order valence-electron chi connectivity index (χ2n) is 4.39. The summed E-state index contributed by atoms with van der Waals surface area (Å²) in [5, 5.41) is 7.01. The Morgan fingerprint density at radius 1 is 1.33 bits per heavy atom. The van der Waals surface area contributed by atoms with Gasteiger partial charge in [-0.15, -0.1) is 11.3 Å². The van der Waals surface area contributed by atoms with E-state index < -0.39 is 5.97 Å². The van der Waals surface area contributed by atoms with E-state index in [0.717, 1.165) is 10.4 Å². The molecular formula is C14H15N3O2S2. The monoisotopic (exact) mass is 321 g/mol. The maximum absolute atomic E-state index is 11.7. The molecule has 2 heterocycles. The van der Waals surface area contributed by atoms with Gasteiger partial charge in [-0.3, -0.25) is 0 Å². The summed E-state index contributed by atoms with van der Waals surface area (Å²) >= 11 is 6.67. The SMILES string of the molecule is COC(=O)c1cc(C)sc1NC(=S)Nc1ccc(C)cn1. The van der Waals surface area contributed by atoms with Gasteiger partial charge in [0.2, 0.25) is 0 Å². The molecule has 5 nitrogen and oxygen atoms in total. The summed E-state index contributed by atoms with van der Waals surface area (Å²) in [5.74, 6) is 0.254. The summed E-state index contributed by atoms with van der Waals surface area (Å²) in [6, 6.07) is 5.54. The molecule has 0 fully saturated rings. The van der Waals surface area contributed by atoms with Crippen LogP contribution in [-0.4, -0.2) is 23.2 Å². The van der Waals surface area contributed by atoms with E-state index >= 15 is 0 Å². The molecule has 21 heavy (non-hydrogen) atoms. The predicted molar refractivity (Wildman–Crippen MR) is 89.2 cm³/mol. The fourth-order valence-corrected chi connectivity index (χ4v) is 2.84. The summed E-state index contributed by atoms with van der Waals surface area (Å²) < 4.78 is 4.75. The molecule has 2 N–H and O–H groups in total. The highest BCUT2D eigenvalue weighted by Crippen LogP contribution is 2.28. The molecule has 0 saturated carbocycles. The number of carbonyl (C=O) groups is 1. The minimum absolute atomic E-state index is 0.373. The third-order valence-electron chi connectivity index (χ3n) is 2.64. The fourth-order valence-electron chi connectivity index (χ4n) is 1.66. The van der Waals surface area contributed by atoms with Crippen molar-refractivity contribution in [1.82, 2.24) is 4.98 Å². The van der Waals surface area contributed by atoms with E-state index in [1.807, 2.05) is 26.0 Å². The summed E-state index contributed by atoms with van der Waals surface area (Å²) in [6.07, 6.45) is 1.75. The van der Waals surface area contributed by atoms with Gasteiger partial charge in [0.05, 0.1) is 12.7 Å². The van der Waals surface area contributed by atoms with Crippen LogP contribution in [0, 0.1) is 13.8 Å². The molecule has 2 rings (SSSR count). The van der Waals surface area contributed by atoms with Crippen LogP contribution in [0.3, 0.4) is 0 Å². The molecule has 0 atom stereocenters. The highest BCUT2D eigenvalue weighted by atomic mass is 32.1. The number of carbonyl (C=O) groups excluding carboxylic acids is 1. The van der Waals surface area contributed by atoms with Crippen molar-refractivity contribution in [2.45, 2.75) is 13.8 Å². The number of nitrogens with one attached hydrogen (secondary N) is 2. The molecule has 0 spiro atoms. The van der Waals surface area contributed by atoms with Crippen molar-refractivity contribution in [3.05, 3.63) is 40.4 Å². The number of thiocarbonyl (C=S) groups is 1. The van der Waals surface area contributed by atoms with E-state index in [2.05, 4.69) is 15.6 Å². The Morgan fingerprint density at radius 2 is 2.10 bits per heavy atom. The van der Waals surface area contributed by atoms with Crippen molar-refractivity contribution in [3.63, 3.8) is 0 Å². The lowest BCUT2D eigenvalue weighted by Gasteiger charge is -2.09. The normalized spacial score (nSPS) is 10.0. The molecule has 2 aromatic heterocycles. The quantitative estimate of drug-likeness (QED) is 0.668. The van der Waals surface area contributed by atoms with Crippen LogP contribution in [0.25, 0.3) is 0 Å². The molecule has 0 aliphatic heterocycles. The smallest absolute Gasteiger partial charge is 0.340 e. The maximum atomic E-state index is 11.7. The zero-order valence-corrected chi connectivity index (χ0v) is 13.5. The first kappa shape index (κ1) is 15.4. The maximum Gasteiger partial charge on any atom is 0.340 e. The van der Waals surface area contributed by atoms with Crippen molar-refractivity contribution in [2.24, 2.45) is 0 Å². The lowest BCUT2D eigenvalue weighted by Crippen LogP contribution is -2.20. The van der Waals surface area contributed by atoms with E-state index in [1.165, 1.54) is 18.4 Å². The third-order valence-corrected chi connectivity index (χ3v) is 3.81. The van der Waals surface area contributed by atoms with E-state index in [4.69, 9.17) is 17.0 Å². The molecule has 0 amide bonds. The van der Waals surface area contributed by atoms with Crippen molar-refractivity contribution in [2.75, 3.05) is 17.7 Å². The van der Waals surface area contributed by atoms with Crippen molar-refractivity contribution in [1.29, 1.82) is 0 Å². The van der Waals surface area contributed by atoms with Gasteiger partial charge in [0.25, 0.3) is 0 Å². The van der Waals surface area contributed by atoms with Gasteiger partial charge in [0, 0.05) is 11.1 Å². The number of thiophene rings is 1. The molecule has 0 aliphatic carbocycles. The lowest BCUT2D eigenvalue weighted by atomic mass is 10.3. The Morgan fingerprint density at radius 3 is 2.71 bits per heavy atom. The molecule has 0 radical (unpaired) electrons. The number of methoxy groups -OCH3 is 1. The van der Waals surface area contributed by atoms with Gasteiger partial charge >= 0.3 is 5.97 Å². The van der Waals surface area contributed by atoms with Crippen LogP contribution in [0.4, 0.5) is 10.8 Å². The molecular weight excluding hydrogens is 306 g/mol. The number of nitrogens with zero attached hydrogens (tertiary/aromatic N) is 1. The largest absolute Gasteiger partial charge is 0.465 e. The van der Waals surface area contributed by atoms with Crippen LogP contribution < -0.4 is 10.6 Å². The first-order valence-electron chi connectivity index (χ1n) is 6.19. The van der Waals surface area contributed by atoms with Gasteiger partial charge in [-0.05, 0) is 43.8 Å². The minimum Gasteiger partial charge on any atom is -0.465 e. The molecule has 110 valence electrons. The highest BCUT2D eigenvalue weighted by molar-refractivity contribution is 7.80. The van der Waals surface area contributed by atoms with Gasteiger partial charge in [-0.25, -0.2) is 9.78 Å². The first-order valence-corrected chi connectivity index (χ1v) is 7.41. The van der Waals surface area contributed by atoms with Crippen molar-refractivity contribution < 1.29 is 9.53 Å². The van der Waals surface area contributed by atoms with Crippen LogP contribution >= 0.6 is 23.6 Å². The summed E-state index contributed by atoms with van der Waals surface area (Å²) in [5.41, 5.74) is 1.54. The Hall–Kier alpha value is -1.99. The van der Waals surface area contributed by atoms with Gasteiger partial charge in [-0.2, -0.15) is 0 Å². The van der Waals surface area contributed by atoms with Crippen molar-refractivity contribution in [3.8, 4) is 0 Å². The summed E-state index contributed by atoms with van der Waals surface area (Å²) in [7, 11) is 1.35. The van der Waals surface area contributed by atoms with Gasteiger partial charge in [0.15, 0.2) is 5.11 Å². The van der Waals surface area contributed by atoms with E-state index in [9.17, 15) is 4.79 Å². The highest BCUT2D eigenvalue weighted by Gasteiger charge is 2.16. The standard InChI is InChI=1S/C14H15N3O2S2/c1-8-4-5-11(15-7-8)16-14(20)17-12-10(13(18)19-3)6-9(2)21-12/h4-7H,1-3H3,(H2,15,16,17,20). The van der Waals surface area contributed by atoms with Crippen LogP contribution in [0.15, 0.2) is 24.4 Å². The zero-order valence-electron chi connectivity index (χ0n) is 11.9. The van der Waals surface area contributed by atoms with Crippen LogP contribution in [0.1, 0.15) is 20.8 Å². The Labute approximate surface area is 132 Å². The van der Waals surface area contributed by atoms with Crippen molar-refractivity contribution >= 4 is 45.5 Å². The first-order chi connectivity index (χ1) is 9.99. The van der Waals surface area contributed by atoms with E-state index in [1.54, 1.807) is 12.3 Å². The number of hydrogen-bond acceptors (Lipinski definition) is 5. The molecule has 0 bridgehead atoms. The summed E-state index contributed by atoms with van der Waals surface area (Å²) in [4.78, 5) is 16.9. The number of aromatic nitrogens is 1. The second kappa shape index (κ2) is 6.64. The predicted octanol–water partition coefficient (Wildman–Crippen LogP) is 3.36. The van der Waals surface area contributed by atoms with Crippen LogP contribution in [0.2, 0.25) is 0 Å². The summed E-state index contributed by atoms with van der Waals surface area (Å²) in [6.45, 7) is 3.88. The number of pyridine rings is 1. The topological polar surface area (TPSA) is 63.2 Å². The minimum atomic E-state index is -0.391. The molecule has 0 aromatic carbocycles. The third kappa shape index (κ3) is 3.99. The second-order valence-corrected chi connectivity index (χ2v) is 6.06. The van der Waals surface area contributed by atoms with Crippen LogP contribution in [-0.2, 0) is 4.74 Å². The Bertz CT molecular complexity index is 665. The zero-order chi connectivity index (χ0) is 15.4. The molecule has 7 heteroatoms. The number of aryl methyl sites for hydroxylation is 2. The molecule has 0 unspecified atom stereocenters. The number of hydrogen-bond donors (Lipinski definition) is 2. The van der Waals surface area contributed by atoms with Gasteiger partial charge in [0.1, 0.15) is 10.8 Å². The molecule has 0 saturated heterocycles. The Balaban J connectivity index is 2.09. The molecule has 2 aromatic rings. The van der Waals surface area contributed by atoms with E-state index in [0.29, 0.717) is 21.5 Å². The van der Waals surface area contributed by atoms with Gasteiger partial charge < -0.3 is 15.4 Å². The average Bonchev–Trinajstić information content (AvgIpc) is 2.81. The van der Waals surface area contributed by atoms with E-state index in [-0.39, 0.29) is 0 Å². The molecule has 0 aliphatic rings. The van der Waals surface area contributed by atoms with Crippen LogP contribution in [0.5, 0.6) is 0 Å². The average molecular weight is 321 g/mol. The number of anilines is 2. The lowest BCUT2D eigenvalue weighted by molar-refractivity contribution is 0.0602. The number of esters is 1. The van der Waals surface area contributed by atoms with Gasteiger partial charge in [-0.1, -0.05) is 6.07 Å². The number of ether oxygens (including phenoxy) is 1.